The number of carboxylic acid groups (broad SMARTS) is 1. The molecule has 1 aromatic rings. The number of carbonyl (C=O) groups is 2. The lowest BCUT2D eigenvalue weighted by Gasteiger charge is -2.42. The number of hydrogen-bond donors (Lipinski definition) is 3. The molecule has 1 heterocycles. The van der Waals surface area contributed by atoms with Gasteiger partial charge in [-0.25, -0.2) is 4.79 Å². The summed E-state index contributed by atoms with van der Waals surface area (Å²) in [7, 11) is 0. The standard InChI is InChI=1S/C18H22N2O4/c21-16(20-9-13-14(10-20)15(13)19-17(22)23)18(24,12-7-4-8-12)11-5-2-1-3-6-11/h1-3,5-6,12-15,19,24H,4,7-10H2,(H,22,23). The number of nitrogens with zero attached hydrogens (tertiary/aromatic N) is 1. The Morgan fingerprint density at radius 3 is 2.25 bits per heavy atom. The van der Waals surface area contributed by atoms with E-state index in [2.05, 4.69) is 5.32 Å². The van der Waals surface area contributed by atoms with Crippen LogP contribution in [-0.4, -0.2) is 46.2 Å². The molecular weight excluding hydrogens is 308 g/mol. The molecule has 4 rings (SSSR count). The number of fused-ring (bicyclic) bond motifs is 1. The molecule has 6 heteroatoms. The van der Waals surface area contributed by atoms with E-state index in [1.165, 1.54) is 0 Å². The topological polar surface area (TPSA) is 89.9 Å². The maximum absolute atomic E-state index is 13.1. The molecule has 6 nitrogen and oxygen atoms in total. The fourth-order valence-electron chi connectivity index (χ4n) is 4.34. The van der Waals surface area contributed by atoms with Crippen molar-refractivity contribution >= 4 is 12.0 Å². The van der Waals surface area contributed by atoms with Gasteiger partial charge in [0.1, 0.15) is 0 Å². The van der Waals surface area contributed by atoms with Crippen molar-refractivity contribution in [2.24, 2.45) is 17.8 Å². The van der Waals surface area contributed by atoms with Crippen LogP contribution in [0.1, 0.15) is 24.8 Å². The molecule has 1 saturated heterocycles. The van der Waals surface area contributed by atoms with Gasteiger partial charge in [-0.2, -0.15) is 0 Å². The molecule has 1 aliphatic heterocycles. The second-order valence-corrected chi connectivity index (χ2v) is 7.27. The number of carbonyl (C=O) groups excluding carboxylic acids is 1. The molecule has 0 aromatic heterocycles. The lowest BCUT2D eigenvalue weighted by molar-refractivity contribution is -0.163. The van der Waals surface area contributed by atoms with Crippen molar-refractivity contribution in [3.63, 3.8) is 0 Å². The molecule has 3 unspecified atom stereocenters. The molecule has 3 N–H and O–H groups in total. The third-order valence-electron chi connectivity index (χ3n) is 6.01. The summed E-state index contributed by atoms with van der Waals surface area (Å²) in [6, 6.07) is 9.17. The van der Waals surface area contributed by atoms with Crippen LogP contribution in [0.2, 0.25) is 0 Å². The van der Waals surface area contributed by atoms with Crippen LogP contribution < -0.4 is 5.32 Å². The normalized spacial score (nSPS) is 30.9. The zero-order valence-corrected chi connectivity index (χ0v) is 13.4. The van der Waals surface area contributed by atoms with Gasteiger partial charge in [0.05, 0.1) is 0 Å². The van der Waals surface area contributed by atoms with E-state index in [0.717, 1.165) is 19.3 Å². The Hall–Kier alpha value is -2.08. The van der Waals surface area contributed by atoms with Gasteiger partial charge in [-0.3, -0.25) is 4.79 Å². The zero-order chi connectivity index (χ0) is 16.9. The maximum atomic E-state index is 13.1. The number of nitrogens with one attached hydrogen (secondary N) is 1. The van der Waals surface area contributed by atoms with E-state index >= 15 is 0 Å². The Morgan fingerprint density at radius 1 is 1.12 bits per heavy atom. The molecule has 3 aliphatic rings. The van der Waals surface area contributed by atoms with Crippen molar-refractivity contribution in [2.45, 2.75) is 30.9 Å². The summed E-state index contributed by atoms with van der Waals surface area (Å²) in [4.78, 5) is 25.6. The van der Waals surface area contributed by atoms with Crippen LogP contribution >= 0.6 is 0 Å². The van der Waals surface area contributed by atoms with Crippen molar-refractivity contribution in [3.05, 3.63) is 35.9 Å². The Bertz CT molecular complexity index is 648. The van der Waals surface area contributed by atoms with Gasteiger partial charge in [-0.05, 0) is 18.4 Å². The highest BCUT2D eigenvalue weighted by molar-refractivity contribution is 5.87. The first kappa shape index (κ1) is 15.4. The molecule has 24 heavy (non-hydrogen) atoms. The van der Waals surface area contributed by atoms with Crippen LogP contribution in [0.5, 0.6) is 0 Å². The molecule has 128 valence electrons. The molecule has 2 amide bonds. The molecule has 0 radical (unpaired) electrons. The number of hydrogen-bond acceptors (Lipinski definition) is 3. The van der Waals surface area contributed by atoms with Crippen molar-refractivity contribution in [3.8, 4) is 0 Å². The SMILES string of the molecule is O=C(O)NC1C2CN(C(=O)C(O)(c3ccccc3)C3CCC3)CC21. The fourth-order valence-corrected chi connectivity index (χ4v) is 4.34. The molecule has 2 aliphatic carbocycles. The minimum absolute atomic E-state index is 0.0303. The Labute approximate surface area is 140 Å². The van der Waals surface area contributed by atoms with E-state index < -0.39 is 11.7 Å². The van der Waals surface area contributed by atoms with Gasteiger partial charge < -0.3 is 20.4 Å². The van der Waals surface area contributed by atoms with Gasteiger partial charge in [0.15, 0.2) is 5.60 Å². The monoisotopic (exact) mass is 330 g/mol. The van der Waals surface area contributed by atoms with Gasteiger partial charge in [-0.15, -0.1) is 0 Å². The Morgan fingerprint density at radius 2 is 1.75 bits per heavy atom. The number of aliphatic hydroxyl groups is 1. The average molecular weight is 330 g/mol. The lowest BCUT2D eigenvalue weighted by Crippen LogP contribution is -2.53. The molecule has 3 atom stereocenters. The summed E-state index contributed by atoms with van der Waals surface area (Å²) in [6.07, 6.45) is 1.76. The van der Waals surface area contributed by atoms with Gasteiger partial charge in [-0.1, -0.05) is 36.8 Å². The van der Waals surface area contributed by atoms with E-state index in [1.54, 1.807) is 4.90 Å². The summed E-state index contributed by atoms with van der Waals surface area (Å²) in [5, 5.41) is 22.7. The molecule has 1 aromatic carbocycles. The van der Waals surface area contributed by atoms with E-state index in [0.29, 0.717) is 18.7 Å². The predicted octanol–water partition coefficient (Wildman–Crippen LogP) is 1.40. The molecular formula is C18H22N2O4. The fraction of sp³-hybridized carbons (Fsp3) is 0.556. The smallest absolute Gasteiger partial charge is 0.404 e. The molecule has 0 spiro atoms. The van der Waals surface area contributed by atoms with Crippen molar-refractivity contribution < 1.29 is 19.8 Å². The largest absolute Gasteiger partial charge is 0.465 e. The quantitative estimate of drug-likeness (QED) is 0.778. The summed E-state index contributed by atoms with van der Waals surface area (Å²) in [5.41, 5.74) is -0.785. The zero-order valence-electron chi connectivity index (χ0n) is 13.4. The number of amides is 2. The third kappa shape index (κ3) is 2.28. The number of likely N-dealkylation sites (tertiary alicyclic amines) is 1. The number of benzene rings is 1. The first-order valence-electron chi connectivity index (χ1n) is 8.58. The minimum atomic E-state index is -1.45. The summed E-state index contributed by atoms with van der Waals surface area (Å²) >= 11 is 0. The highest BCUT2D eigenvalue weighted by Gasteiger charge is 2.60. The molecule has 2 saturated carbocycles. The van der Waals surface area contributed by atoms with Crippen LogP contribution in [0.3, 0.4) is 0 Å². The highest BCUT2D eigenvalue weighted by atomic mass is 16.4. The van der Waals surface area contributed by atoms with Gasteiger partial charge in [0, 0.05) is 36.9 Å². The summed E-state index contributed by atoms with van der Waals surface area (Å²) in [5.74, 6) is 0.120. The summed E-state index contributed by atoms with van der Waals surface area (Å²) < 4.78 is 0. The molecule has 0 bridgehead atoms. The van der Waals surface area contributed by atoms with Crippen LogP contribution in [0.15, 0.2) is 30.3 Å². The third-order valence-corrected chi connectivity index (χ3v) is 6.01. The summed E-state index contributed by atoms with van der Waals surface area (Å²) in [6.45, 7) is 1.05. The van der Waals surface area contributed by atoms with Crippen LogP contribution in [0, 0.1) is 17.8 Å². The average Bonchev–Trinajstić information content (AvgIpc) is 2.95. The van der Waals surface area contributed by atoms with Crippen molar-refractivity contribution in [1.29, 1.82) is 0 Å². The second kappa shape index (κ2) is 5.48. The van der Waals surface area contributed by atoms with Crippen LogP contribution in [0.25, 0.3) is 0 Å². The highest BCUT2D eigenvalue weighted by Crippen LogP contribution is 2.49. The van der Waals surface area contributed by atoms with E-state index in [-0.39, 0.29) is 29.7 Å². The Kier molecular flexibility index (Phi) is 3.53. The van der Waals surface area contributed by atoms with Gasteiger partial charge >= 0.3 is 6.09 Å². The lowest BCUT2D eigenvalue weighted by atomic mass is 9.69. The number of rotatable bonds is 4. The first-order valence-corrected chi connectivity index (χ1v) is 8.58. The van der Waals surface area contributed by atoms with Crippen molar-refractivity contribution in [1.82, 2.24) is 10.2 Å². The van der Waals surface area contributed by atoms with Crippen LogP contribution in [0.4, 0.5) is 4.79 Å². The van der Waals surface area contributed by atoms with E-state index in [1.807, 2.05) is 30.3 Å². The van der Waals surface area contributed by atoms with Crippen molar-refractivity contribution in [2.75, 3.05) is 13.1 Å². The molecule has 3 fully saturated rings. The van der Waals surface area contributed by atoms with Gasteiger partial charge in [0.25, 0.3) is 5.91 Å². The van der Waals surface area contributed by atoms with E-state index in [4.69, 9.17) is 5.11 Å². The second-order valence-electron chi connectivity index (χ2n) is 7.27. The first-order chi connectivity index (χ1) is 11.5. The predicted molar refractivity (Wildman–Crippen MR) is 86.2 cm³/mol. The maximum Gasteiger partial charge on any atom is 0.404 e. The Balaban J connectivity index is 1.51. The number of piperidine rings is 1. The van der Waals surface area contributed by atoms with E-state index in [9.17, 15) is 14.7 Å². The van der Waals surface area contributed by atoms with Gasteiger partial charge in [0.2, 0.25) is 0 Å². The minimum Gasteiger partial charge on any atom is -0.465 e. The van der Waals surface area contributed by atoms with Crippen LogP contribution in [-0.2, 0) is 10.4 Å².